The highest BCUT2D eigenvalue weighted by Crippen LogP contribution is 2.30. The molecule has 1 fully saturated rings. The number of ether oxygens (including phenoxy) is 1. The normalized spacial score (nSPS) is 17.8. The molecule has 0 bridgehead atoms. The molecule has 3 nitrogen and oxygen atoms in total. The van der Waals surface area contributed by atoms with Gasteiger partial charge in [0, 0.05) is 29.3 Å². The predicted octanol–water partition coefficient (Wildman–Crippen LogP) is 2.96. The minimum atomic E-state index is 0.376. The Morgan fingerprint density at radius 3 is 2.78 bits per heavy atom. The Balaban J connectivity index is 2.27. The van der Waals surface area contributed by atoms with Crippen LogP contribution in [-0.2, 0) is 4.74 Å². The largest absolute Gasteiger partial charge is 0.378 e. The average Bonchev–Trinajstić information content (AvgIpc) is 2.40. The van der Waals surface area contributed by atoms with Gasteiger partial charge in [0.15, 0.2) is 0 Å². The Kier molecular flexibility index (Phi) is 5.03. The van der Waals surface area contributed by atoms with Gasteiger partial charge in [-0.25, -0.2) is 0 Å². The van der Waals surface area contributed by atoms with E-state index in [0.29, 0.717) is 6.04 Å². The fourth-order valence-electron chi connectivity index (χ4n) is 2.38. The summed E-state index contributed by atoms with van der Waals surface area (Å²) >= 11 is 3.57. The first kappa shape index (κ1) is 13.8. The third-order valence-corrected chi connectivity index (χ3v) is 3.81. The molecule has 100 valence electrons. The second-order valence-corrected chi connectivity index (χ2v) is 5.50. The van der Waals surface area contributed by atoms with E-state index in [2.05, 4.69) is 58.2 Å². The van der Waals surface area contributed by atoms with Crippen LogP contribution in [0, 0.1) is 0 Å². The molecule has 0 aliphatic carbocycles. The molecular weight excluding hydrogens is 292 g/mol. The first-order valence-corrected chi connectivity index (χ1v) is 7.37. The van der Waals surface area contributed by atoms with Gasteiger partial charge in [-0.15, -0.1) is 0 Å². The minimum Gasteiger partial charge on any atom is -0.378 e. The monoisotopic (exact) mass is 312 g/mol. The third-order valence-electron chi connectivity index (χ3n) is 3.32. The molecule has 1 saturated heterocycles. The fraction of sp³-hybridized carbons (Fsp3) is 0.571. The summed E-state index contributed by atoms with van der Waals surface area (Å²) < 4.78 is 6.57. The molecule has 0 spiro atoms. The summed E-state index contributed by atoms with van der Waals surface area (Å²) in [5, 5.41) is 3.49. The molecule has 1 aromatic carbocycles. The van der Waals surface area contributed by atoms with Crippen LogP contribution >= 0.6 is 15.9 Å². The van der Waals surface area contributed by atoms with Crippen LogP contribution in [0.1, 0.15) is 25.5 Å². The van der Waals surface area contributed by atoms with Crippen molar-refractivity contribution >= 4 is 21.6 Å². The van der Waals surface area contributed by atoms with Crippen molar-refractivity contribution in [1.29, 1.82) is 0 Å². The van der Waals surface area contributed by atoms with Crippen LogP contribution in [0.3, 0.4) is 0 Å². The standard InChI is InChI=1S/C14H21BrN2O/c1-3-16-11(2)13-5-4-12(15)10-14(13)17-6-8-18-9-7-17/h4-5,10-11,16H,3,6-9H2,1-2H3. The van der Waals surface area contributed by atoms with E-state index in [1.807, 2.05) is 0 Å². The number of anilines is 1. The van der Waals surface area contributed by atoms with Gasteiger partial charge >= 0.3 is 0 Å². The van der Waals surface area contributed by atoms with Gasteiger partial charge in [-0.2, -0.15) is 0 Å². The molecule has 1 unspecified atom stereocenters. The predicted molar refractivity (Wildman–Crippen MR) is 79.3 cm³/mol. The van der Waals surface area contributed by atoms with Crippen molar-refractivity contribution in [3.05, 3.63) is 28.2 Å². The zero-order valence-corrected chi connectivity index (χ0v) is 12.7. The molecule has 1 aliphatic rings. The number of rotatable bonds is 4. The highest BCUT2D eigenvalue weighted by molar-refractivity contribution is 9.10. The number of hydrogen-bond donors (Lipinski definition) is 1. The lowest BCUT2D eigenvalue weighted by molar-refractivity contribution is 0.122. The summed E-state index contributed by atoms with van der Waals surface area (Å²) in [4.78, 5) is 2.41. The molecule has 1 heterocycles. The second-order valence-electron chi connectivity index (χ2n) is 4.58. The molecule has 0 aromatic heterocycles. The maximum atomic E-state index is 5.43. The lowest BCUT2D eigenvalue weighted by Crippen LogP contribution is -2.37. The van der Waals surface area contributed by atoms with Crippen LogP contribution in [0.25, 0.3) is 0 Å². The van der Waals surface area contributed by atoms with Crippen molar-refractivity contribution in [3.63, 3.8) is 0 Å². The van der Waals surface area contributed by atoms with E-state index in [9.17, 15) is 0 Å². The smallest absolute Gasteiger partial charge is 0.0642 e. The summed E-state index contributed by atoms with van der Waals surface area (Å²) in [5.41, 5.74) is 2.68. The molecular formula is C14H21BrN2O. The molecule has 4 heteroatoms. The summed E-state index contributed by atoms with van der Waals surface area (Å²) in [6.07, 6.45) is 0. The average molecular weight is 313 g/mol. The Hall–Kier alpha value is -0.580. The van der Waals surface area contributed by atoms with Crippen LogP contribution in [-0.4, -0.2) is 32.8 Å². The van der Waals surface area contributed by atoms with Crippen molar-refractivity contribution in [2.24, 2.45) is 0 Å². The lowest BCUT2D eigenvalue weighted by Gasteiger charge is -2.32. The molecule has 2 rings (SSSR count). The number of nitrogens with zero attached hydrogens (tertiary/aromatic N) is 1. The molecule has 0 amide bonds. The zero-order chi connectivity index (χ0) is 13.0. The van der Waals surface area contributed by atoms with Crippen LogP contribution in [0.5, 0.6) is 0 Å². The first-order valence-electron chi connectivity index (χ1n) is 6.58. The van der Waals surface area contributed by atoms with Gasteiger partial charge in [-0.05, 0) is 31.2 Å². The molecule has 1 aromatic rings. The van der Waals surface area contributed by atoms with Crippen LogP contribution in [0.4, 0.5) is 5.69 Å². The van der Waals surface area contributed by atoms with Gasteiger partial charge in [0.1, 0.15) is 0 Å². The molecule has 0 radical (unpaired) electrons. The Labute approximate surface area is 118 Å². The molecule has 1 aliphatic heterocycles. The maximum Gasteiger partial charge on any atom is 0.0642 e. The van der Waals surface area contributed by atoms with Crippen LogP contribution in [0.2, 0.25) is 0 Å². The molecule has 18 heavy (non-hydrogen) atoms. The van der Waals surface area contributed by atoms with Crippen molar-refractivity contribution in [2.45, 2.75) is 19.9 Å². The van der Waals surface area contributed by atoms with Gasteiger partial charge in [-0.3, -0.25) is 0 Å². The van der Waals surface area contributed by atoms with Crippen molar-refractivity contribution in [3.8, 4) is 0 Å². The highest BCUT2D eigenvalue weighted by Gasteiger charge is 2.17. The minimum absolute atomic E-state index is 0.376. The Bertz CT molecular complexity index is 391. The van der Waals surface area contributed by atoms with E-state index >= 15 is 0 Å². The highest BCUT2D eigenvalue weighted by atomic mass is 79.9. The van der Waals surface area contributed by atoms with Crippen molar-refractivity contribution in [1.82, 2.24) is 5.32 Å². The van der Waals surface area contributed by atoms with E-state index in [4.69, 9.17) is 4.74 Å². The van der Waals surface area contributed by atoms with Crippen molar-refractivity contribution < 1.29 is 4.74 Å². The molecule has 1 atom stereocenters. The first-order chi connectivity index (χ1) is 8.72. The van der Waals surface area contributed by atoms with E-state index in [-0.39, 0.29) is 0 Å². The lowest BCUT2D eigenvalue weighted by atomic mass is 10.0. The van der Waals surface area contributed by atoms with E-state index in [1.54, 1.807) is 0 Å². The van der Waals surface area contributed by atoms with Crippen molar-refractivity contribution in [2.75, 3.05) is 37.7 Å². The number of nitrogens with one attached hydrogen (secondary N) is 1. The van der Waals surface area contributed by atoms with Gasteiger partial charge in [-0.1, -0.05) is 28.9 Å². The SMILES string of the molecule is CCNC(C)c1ccc(Br)cc1N1CCOCC1. The van der Waals surface area contributed by atoms with Gasteiger partial charge in [0.2, 0.25) is 0 Å². The van der Waals surface area contributed by atoms with Gasteiger partial charge in [0.05, 0.1) is 13.2 Å². The van der Waals surface area contributed by atoms with Crippen LogP contribution in [0.15, 0.2) is 22.7 Å². The number of halogens is 1. The van der Waals surface area contributed by atoms with Crippen LogP contribution < -0.4 is 10.2 Å². The maximum absolute atomic E-state index is 5.43. The number of morpholine rings is 1. The van der Waals surface area contributed by atoms with E-state index in [1.165, 1.54) is 11.3 Å². The Morgan fingerprint density at radius 1 is 1.39 bits per heavy atom. The summed E-state index contributed by atoms with van der Waals surface area (Å²) in [6, 6.07) is 6.92. The quantitative estimate of drug-likeness (QED) is 0.925. The Morgan fingerprint density at radius 2 is 2.11 bits per heavy atom. The number of hydrogen-bond acceptors (Lipinski definition) is 3. The topological polar surface area (TPSA) is 24.5 Å². The fourth-order valence-corrected chi connectivity index (χ4v) is 2.73. The third kappa shape index (κ3) is 3.25. The van der Waals surface area contributed by atoms with E-state index in [0.717, 1.165) is 37.3 Å². The molecule has 0 saturated carbocycles. The summed E-state index contributed by atoms with van der Waals surface area (Å²) in [6.45, 7) is 8.94. The number of benzene rings is 1. The van der Waals surface area contributed by atoms with E-state index < -0.39 is 0 Å². The summed E-state index contributed by atoms with van der Waals surface area (Å²) in [5.74, 6) is 0. The molecule has 1 N–H and O–H groups in total. The van der Waals surface area contributed by atoms with Gasteiger partial charge in [0.25, 0.3) is 0 Å². The van der Waals surface area contributed by atoms with Gasteiger partial charge < -0.3 is 15.0 Å². The summed E-state index contributed by atoms with van der Waals surface area (Å²) in [7, 11) is 0. The zero-order valence-electron chi connectivity index (χ0n) is 11.1. The second kappa shape index (κ2) is 6.55.